The fourth-order valence-corrected chi connectivity index (χ4v) is 2.70. The summed E-state index contributed by atoms with van der Waals surface area (Å²) in [7, 11) is 3.46. The van der Waals surface area contributed by atoms with Gasteiger partial charge in [0.1, 0.15) is 17.9 Å². The number of likely N-dealkylation sites (N-methyl/N-ethyl adjacent to an activating group) is 1. The molecule has 1 atom stereocenters. The summed E-state index contributed by atoms with van der Waals surface area (Å²) in [6.07, 6.45) is 0.816. The van der Waals surface area contributed by atoms with Crippen LogP contribution >= 0.6 is 24.0 Å². The lowest BCUT2D eigenvalue weighted by atomic mass is 9.90. The van der Waals surface area contributed by atoms with Gasteiger partial charge in [-0.1, -0.05) is 18.2 Å². The van der Waals surface area contributed by atoms with Gasteiger partial charge in [0.05, 0.1) is 6.04 Å². The van der Waals surface area contributed by atoms with Gasteiger partial charge < -0.3 is 20.3 Å². The van der Waals surface area contributed by atoms with Crippen LogP contribution in [0.4, 0.5) is 0 Å². The van der Waals surface area contributed by atoms with Crippen molar-refractivity contribution < 1.29 is 9.53 Å². The molecule has 0 saturated heterocycles. The second-order valence-corrected chi connectivity index (χ2v) is 6.78. The first kappa shape index (κ1) is 21.5. The summed E-state index contributed by atoms with van der Waals surface area (Å²) in [5, 5.41) is 6.66. The highest BCUT2D eigenvalue weighted by Crippen LogP contribution is 2.39. The lowest BCUT2D eigenvalue weighted by Gasteiger charge is -2.38. The number of carbonyl (C=O) groups is 1. The summed E-state index contributed by atoms with van der Waals surface area (Å²) < 4.78 is 6.06. The maximum Gasteiger partial charge on any atom is 0.243 e. The summed E-state index contributed by atoms with van der Waals surface area (Å²) in [5.74, 6) is 1.51. The van der Waals surface area contributed by atoms with Gasteiger partial charge in [0.25, 0.3) is 0 Å². The van der Waals surface area contributed by atoms with Gasteiger partial charge in [-0.3, -0.25) is 4.79 Å². The molecule has 2 rings (SSSR count). The zero-order valence-corrected chi connectivity index (χ0v) is 18.0. The van der Waals surface area contributed by atoms with Crippen LogP contribution in [0.3, 0.4) is 0 Å². The van der Waals surface area contributed by atoms with Gasteiger partial charge in [0.2, 0.25) is 5.91 Å². The highest BCUT2D eigenvalue weighted by Gasteiger charge is 2.33. The van der Waals surface area contributed by atoms with Crippen molar-refractivity contribution in [1.82, 2.24) is 15.5 Å². The van der Waals surface area contributed by atoms with Crippen molar-refractivity contribution in [1.29, 1.82) is 0 Å². The van der Waals surface area contributed by atoms with Crippen molar-refractivity contribution in [3.63, 3.8) is 0 Å². The van der Waals surface area contributed by atoms with Gasteiger partial charge in [-0.25, -0.2) is 4.99 Å². The van der Waals surface area contributed by atoms with E-state index < -0.39 is 0 Å². The van der Waals surface area contributed by atoms with Gasteiger partial charge in [0.15, 0.2) is 5.96 Å². The molecule has 0 aromatic heterocycles. The molecule has 2 N–H and O–H groups in total. The van der Waals surface area contributed by atoms with E-state index in [1.54, 1.807) is 19.0 Å². The number of benzene rings is 1. The Morgan fingerprint density at radius 3 is 2.68 bits per heavy atom. The minimum absolute atomic E-state index is 0. The Morgan fingerprint density at radius 1 is 1.36 bits per heavy atom. The SMILES string of the molecule is CCNC(=NCC(=O)N(C)C)NC1CC(C)(C)Oc2ccccc21.I. The maximum absolute atomic E-state index is 11.8. The topological polar surface area (TPSA) is 66.0 Å². The zero-order chi connectivity index (χ0) is 17.7. The number of rotatable bonds is 4. The number of halogens is 1. The van der Waals surface area contributed by atoms with Crippen molar-refractivity contribution in [2.45, 2.75) is 38.8 Å². The normalized spacial score (nSPS) is 18.3. The van der Waals surface area contributed by atoms with E-state index in [-0.39, 0.29) is 48.1 Å². The molecule has 0 bridgehead atoms. The molecule has 6 nitrogen and oxygen atoms in total. The van der Waals surface area contributed by atoms with E-state index in [2.05, 4.69) is 35.5 Å². The van der Waals surface area contributed by atoms with Crippen molar-refractivity contribution in [2.75, 3.05) is 27.2 Å². The molecule has 1 heterocycles. The van der Waals surface area contributed by atoms with E-state index in [4.69, 9.17) is 4.74 Å². The summed E-state index contributed by atoms with van der Waals surface area (Å²) in [5.41, 5.74) is 0.851. The standard InChI is InChI=1S/C18H28N4O2.HI/c1-6-19-17(20-12-16(23)22(4)5)21-14-11-18(2,3)24-15-10-8-7-9-13(14)15;/h7-10,14H,6,11-12H2,1-5H3,(H2,19,20,21);1H. The lowest BCUT2D eigenvalue weighted by Crippen LogP contribution is -2.45. The number of nitrogens with zero attached hydrogens (tertiary/aromatic N) is 2. The average molecular weight is 460 g/mol. The quantitative estimate of drug-likeness (QED) is 0.412. The number of amides is 1. The summed E-state index contributed by atoms with van der Waals surface area (Å²) >= 11 is 0. The van der Waals surface area contributed by atoms with Crippen LogP contribution < -0.4 is 15.4 Å². The molecule has 140 valence electrons. The smallest absolute Gasteiger partial charge is 0.243 e. The van der Waals surface area contributed by atoms with Gasteiger partial charge in [0, 0.05) is 32.6 Å². The molecule has 0 spiro atoms. The third-order valence-corrected chi connectivity index (χ3v) is 3.90. The van der Waals surface area contributed by atoms with Gasteiger partial charge in [-0.15, -0.1) is 24.0 Å². The van der Waals surface area contributed by atoms with Crippen LogP contribution in [0.15, 0.2) is 29.3 Å². The van der Waals surface area contributed by atoms with Crippen molar-refractivity contribution in [3.05, 3.63) is 29.8 Å². The van der Waals surface area contributed by atoms with Crippen LogP contribution in [-0.4, -0.2) is 49.6 Å². The molecule has 25 heavy (non-hydrogen) atoms. The Balaban J connectivity index is 0.00000312. The van der Waals surface area contributed by atoms with Crippen LogP contribution in [0.2, 0.25) is 0 Å². The number of para-hydroxylation sites is 1. The van der Waals surface area contributed by atoms with Crippen LogP contribution in [0.25, 0.3) is 0 Å². The number of carbonyl (C=O) groups excluding carboxylic acids is 1. The first-order valence-electron chi connectivity index (χ1n) is 8.35. The van der Waals surface area contributed by atoms with Crippen molar-refractivity contribution >= 4 is 35.8 Å². The Labute approximate surface area is 167 Å². The fraction of sp³-hybridized carbons (Fsp3) is 0.556. The maximum atomic E-state index is 11.8. The third-order valence-electron chi connectivity index (χ3n) is 3.90. The number of guanidine groups is 1. The van der Waals surface area contributed by atoms with E-state index in [1.165, 1.54) is 0 Å². The monoisotopic (exact) mass is 460 g/mol. The number of ether oxygens (including phenoxy) is 1. The molecule has 0 fully saturated rings. The van der Waals surface area contributed by atoms with Crippen molar-refractivity contribution in [2.24, 2.45) is 4.99 Å². The van der Waals surface area contributed by atoms with E-state index in [0.29, 0.717) is 5.96 Å². The molecule has 1 aromatic rings. The predicted octanol–water partition coefficient (Wildman–Crippen LogP) is 2.55. The molecule has 1 aliphatic heterocycles. The number of hydrogen-bond donors (Lipinski definition) is 2. The predicted molar refractivity (Wildman–Crippen MR) is 112 cm³/mol. The zero-order valence-electron chi connectivity index (χ0n) is 15.6. The Hall–Kier alpha value is -1.51. The summed E-state index contributed by atoms with van der Waals surface area (Å²) in [6.45, 7) is 7.02. The lowest BCUT2D eigenvalue weighted by molar-refractivity contribution is -0.127. The third kappa shape index (κ3) is 6.05. The second-order valence-electron chi connectivity index (χ2n) is 6.78. The van der Waals surface area contributed by atoms with Crippen LogP contribution in [-0.2, 0) is 4.79 Å². The number of nitrogens with one attached hydrogen (secondary N) is 2. The Bertz CT molecular complexity index is 617. The average Bonchev–Trinajstić information content (AvgIpc) is 2.51. The van der Waals surface area contributed by atoms with E-state index in [1.807, 2.05) is 25.1 Å². The molecule has 1 aliphatic rings. The summed E-state index contributed by atoms with van der Waals surface area (Å²) in [6, 6.07) is 8.12. The highest BCUT2D eigenvalue weighted by molar-refractivity contribution is 14.0. The molecule has 0 radical (unpaired) electrons. The number of fused-ring (bicyclic) bond motifs is 1. The summed E-state index contributed by atoms with van der Waals surface area (Å²) in [4.78, 5) is 17.7. The first-order chi connectivity index (χ1) is 11.3. The molecule has 7 heteroatoms. The number of hydrogen-bond acceptors (Lipinski definition) is 3. The molecule has 1 unspecified atom stereocenters. The van der Waals surface area contributed by atoms with Gasteiger partial charge in [-0.05, 0) is 26.8 Å². The largest absolute Gasteiger partial charge is 0.487 e. The van der Waals surface area contributed by atoms with Crippen molar-refractivity contribution in [3.8, 4) is 5.75 Å². The molecule has 0 saturated carbocycles. The molecule has 1 aromatic carbocycles. The van der Waals surface area contributed by atoms with E-state index >= 15 is 0 Å². The van der Waals surface area contributed by atoms with Crippen LogP contribution in [0.1, 0.15) is 38.8 Å². The minimum atomic E-state index is -0.261. The second kappa shape index (κ2) is 9.26. The minimum Gasteiger partial charge on any atom is -0.487 e. The molecule has 0 aliphatic carbocycles. The molecule has 1 amide bonds. The van der Waals surface area contributed by atoms with Crippen LogP contribution in [0.5, 0.6) is 5.75 Å². The van der Waals surface area contributed by atoms with E-state index in [9.17, 15) is 4.79 Å². The van der Waals surface area contributed by atoms with E-state index in [0.717, 1.165) is 24.3 Å². The van der Waals surface area contributed by atoms with Gasteiger partial charge >= 0.3 is 0 Å². The van der Waals surface area contributed by atoms with Gasteiger partial charge in [-0.2, -0.15) is 0 Å². The molecular weight excluding hydrogens is 431 g/mol. The molecular formula is C18H29IN4O2. The Kier molecular flexibility index (Phi) is 7.98. The first-order valence-corrected chi connectivity index (χ1v) is 8.35. The van der Waals surface area contributed by atoms with Crippen LogP contribution in [0, 0.1) is 0 Å². The number of aliphatic imine (C=N–C) groups is 1. The Morgan fingerprint density at radius 2 is 2.04 bits per heavy atom. The highest BCUT2D eigenvalue weighted by atomic mass is 127. The fourth-order valence-electron chi connectivity index (χ4n) is 2.70.